The van der Waals surface area contributed by atoms with Gasteiger partial charge in [-0.05, 0) is 26.2 Å². The molecule has 0 spiro atoms. The fraction of sp³-hybridized carbons (Fsp3) is 0.312. The average Bonchev–Trinajstić information content (AvgIpc) is 2.39. The molecular formula is C16H16O2. The van der Waals surface area contributed by atoms with E-state index in [1.165, 1.54) is 5.56 Å². The third kappa shape index (κ3) is 1.99. The Morgan fingerprint density at radius 3 is 2.56 bits per heavy atom. The molecule has 2 heteroatoms. The average molecular weight is 240 g/mol. The molecule has 0 bridgehead atoms. The summed E-state index contributed by atoms with van der Waals surface area (Å²) in [5, 5.41) is 0. The van der Waals surface area contributed by atoms with Crippen LogP contribution in [0.4, 0.5) is 0 Å². The zero-order valence-electron chi connectivity index (χ0n) is 10.5. The van der Waals surface area contributed by atoms with Gasteiger partial charge >= 0.3 is 0 Å². The summed E-state index contributed by atoms with van der Waals surface area (Å²) in [6, 6.07) is 9.71. The molecule has 1 aliphatic carbocycles. The van der Waals surface area contributed by atoms with Gasteiger partial charge in [-0.25, -0.2) is 0 Å². The molecule has 3 rings (SSSR count). The van der Waals surface area contributed by atoms with Crippen LogP contribution in [0, 0.1) is 6.92 Å². The quantitative estimate of drug-likeness (QED) is 0.763. The molecular weight excluding hydrogens is 224 g/mol. The van der Waals surface area contributed by atoms with Crippen LogP contribution >= 0.6 is 0 Å². The molecule has 92 valence electrons. The first-order chi connectivity index (χ1) is 8.74. The minimum absolute atomic E-state index is 0.131. The first kappa shape index (κ1) is 11.3. The highest BCUT2D eigenvalue weighted by Crippen LogP contribution is 2.25. The lowest BCUT2D eigenvalue weighted by atomic mass is 9.96. The lowest BCUT2D eigenvalue weighted by molar-refractivity contribution is 0.463. The maximum Gasteiger partial charge on any atom is 0.188 e. The molecule has 0 fully saturated rings. The fourth-order valence-corrected chi connectivity index (χ4v) is 2.48. The minimum atomic E-state index is 0.131. The number of fused-ring (bicyclic) bond motifs is 1. The van der Waals surface area contributed by atoms with Crippen molar-refractivity contribution >= 4 is 0 Å². The molecule has 0 saturated heterocycles. The third-order valence-corrected chi connectivity index (χ3v) is 3.55. The van der Waals surface area contributed by atoms with Gasteiger partial charge in [-0.3, -0.25) is 4.79 Å². The maximum absolute atomic E-state index is 12.1. The molecule has 1 aromatic heterocycles. The van der Waals surface area contributed by atoms with Crippen molar-refractivity contribution in [3.05, 3.63) is 57.4 Å². The van der Waals surface area contributed by atoms with E-state index < -0.39 is 0 Å². The fourth-order valence-electron chi connectivity index (χ4n) is 2.48. The van der Waals surface area contributed by atoms with Crippen LogP contribution in [0.1, 0.15) is 29.7 Å². The second-order valence-corrected chi connectivity index (χ2v) is 4.95. The third-order valence-electron chi connectivity index (χ3n) is 3.55. The van der Waals surface area contributed by atoms with Crippen molar-refractivity contribution in [1.29, 1.82) is 0 Å². The van der Waals surface area contributed by atoms with E-state index in [1.54, 1.807) is 6.07 Å². The van der Waals surface area contributed by atoms with Crippen molar-refractivity contribution in [3.63, 3.8) is 0 Å². The lowest BCUT2D eigenvalue weighted by Crippen LogP contribution is -2.15. The van der Waals surface area contributed by atoms with Gasteiger partial charge in [-0.2, -0.15) is 0 Å². The van der Waals surface area contributed by atoms with Gasteiger partial charge in [-0.15, -0.1) is 0 Å². The Kier molecular flexibility index (Phi) is 2.78. The molecule has 0 saturated carbocycles. The number of hydrogen-bond donors (Lipinski definition) is 0. The summed E-state index contributed by atoms with van der Waals surface area (Å²) in [6.07, 6.45) is 3.98. The van der Waals surface area contributed by atoms with Gasteiger partial charge in [0.2, 0.25) is 0 Å². The van der Waals surface area contributed by atoms with Crippen LogP contribution < -0.4 is 5.43 Å². The molecule has 18 heavy (non-hydrogen) atoms. The smallest absolute Gasteiger partial charge is 0.188 e. The highest BCUT2D eigenvalue weighted by molar-refractivity contribution is 5.57. The topological polar surface area (TPSA) is 30.2 Å². The summed E-state index contributed by atoms with van der Waals surface area (Å²) in [5.41, 5.74) is 3.20. The molecule has 1 aliphatic rings. The Balaban J connectivity index is 2.11. The normalized spacial score (nSPS) is 14.3. The van der Waals surface area contributed by atoms with Crippen LogP contribution in [0.5, 0.6) is 0 Å². The highest BCUT2D eigenvalue weighted by Gasteiger charge is 2.16. The van der Waals surface area contributed by atoms with Crippen LogP contribution in [0.2, 0.25) is 0 Å². The number of aryl methyl sites for hydroxylation is 2. The van der Waals surface area contributed by atoms with Gasteiger partial charge < -0.3 is 4.42 Å². The predicted octanol–water partition coefficient (Wildman–Crippen LogP) is 3.49. The van der Waals surface area contributed by atoms with E-state index in [0.29, 0.717) is 5.76 Å². The van der Waals surface area contributed by atoms with E-state index in [2.05, 4.69) is 0 Å². The Morgan fingerprint density at radius 1 is 1.06 bits per heavy atom. The van der Waals surface area contributed by atoms with Crippen LogP contribution in [0.3, 0.4) is 0 Å². The van der Waals surface area contributed by atoms with E-state index in [-0.39, 0.29) is 5.43 Å². The summed E-state index contributed by atoms with van der Waals surface area (Å²) in [5.74, 6) is 1.59. The van der Waals surface area contributed by atoms with Crippen molar-refractivity contribution in [1.82, 2.24) is 0 Å². The minimum Gasteiger partial charge on any atom is -0.461 e. The summed E-state index contributed by atoms with van der Waals surface area (Å²) in [6.45, 7) is 2.05. The zero-order valence-corrected chi connectivity index (χ0v) is 10.5. The summed E-state index contributed by atoms with van der Waals surface area (Å²) in [7, 11) is 0. The monoisotopic (exact) mass is 240 g/mol. The van der Waals surface area contributed by atoms with Crippen LogP contribution in [-0.4, -0.2) is 0 Å². The Bertz CT molecular complexity index is 621. The molecule has 0 amide bonds. The van der Waals surface area contributed by atoms with Gasteiger partial charge in [0.25, 0.3) is 0 Å². The molecule has 0 atom stereocenters. The van der Waals surface area contributed by atoms with E-state index in [4.69, 9.17) is 4.42 Å². The highest BCUT2D eigenvalue weighted by atomic mass is 16.3. The van der Waals surface area contributed by atoms with Crippen LogP contribution in [0.25, 0.3) is 11.3 Å². The molecule has 1 heterocycles. The summed E-state index contributed by atoms with van der Waals surface area (Å²) in [4.78, 5) is 12.1. The summed E-state index contributed by atoms with van der Waals surface area (Å²) >= 11 is 0. The number of hydrogen-bond acceptors (Lipinski definition) is 2. The molecule has 0 N–H and O–H groups in total. The second-order valence-electron chi connectivity index (χ2n) is 4.95. The molecule has 0 aliphatic heterocycles. The first-order valence-electron chi connectivity index (χ1n) is 6.47. The van der Waals surface area contributed by atoms with E-state index in [9.17, 15) is 4.79 Å². The molecule has 1 aromatic carbocycles. The number of rotatable bonds is 1. The van der Waals surface area contributed by atoms with Crippen molar-refractivity contribution < 1.29 is 4.42 Å². The zero-order chi connectivity index (χ0) is 12.5. The van der Waals surface area contributed by atoms with Gasteiger partial charge in [0.05, 0.1) is 0 Å². The van der Waals surface area contributed by atoms with Crippen molar-refractivity contribution in [2.24, 2.45) is 0 Å². The standard InChI is InChI=1S/C16H16O2/c1-11-6-8-12(9-7-11)16-10-14(17)13-4-2-3-5-15(13)18-16/h6-10H,2-5H2,1H3. The second kappa shape index (κ2) is 4.45. The van der Waals surface area contributed by atoms with E-state index in [1.807, 2.05) is 31.2 Å². The molecule has 2 aromatic rings. The van der Waals surface area contributed by atoms with Crippen LogP contribution in [0.15, 0.2) is 39.5 Å². The van der Waals surface area contributed by atoms with Gasteiger partial charge in [0.1, 0.15) is 11.5 Å². The van der Waals surface area contributed by atoms with Crippen LogP contribution in [-0.2, 0) is 12.8 Å². The Morgan fingerprint density at radius 2 is 1.78 bits per heavy atom. The molecule has 0 radical (unpaired) electrons. The molecule has 0 unspecified atom stereocenters. The van der Waals surface area contributed by atoms with Crippen molar-refractivity contribution in [2.45, 2.75) is 32.6 Å². The van der Waals surface area contributed by atoms with Gasteiger partial charge in [0, 0.05) is 23.6 Å². The van der Waals surface area contributed by atoms with E-state index in [0.717, 1.165) is 42.6 Å². The first-order valence-corrected chi connectivity index (χ1v) is 6.47. The lowest BCUT2D eigenvalue weighted by Gasteiger charge is -2.14. The van der Waals surface area contributed by atoms with Crippen molar-refractivity contribution in [3.8, 4) is 11.3 Å². The predicted molar refractivity (Wildman–Crippen MR) is 71.8 cm³/mol. The largest absolute Gasteiger partial charge is 0.461 e. The van der Waals surface area contributed by atoms with Crippen molar-refractivity contribution in [2.75, 3.05) is 0 Å². The maximum atomic E-state index is 12.1. The van der Waals surface area contributed by atoms with E-state index >= 15 is 0 Å². The Hall–Kier alpha value is -1.83. The summed E-state index contributed by atoms with van der Waals surface area (Å²) < 4.78 is 5.91. The SMILES string of the molecule is Cc1ccc(-c2cc(=O)c3c(o2)CCCC3)cc1. The Labute approximate surface area is 106 Å². The molecule has 2 nitrogen and oxygen atoms in total. The van der Waals surface area contributed by atoms with Gasteiger partial charge in [0.15, 0.2) is 5.43 Å². The number of benzene rings is 1. The van der Waals surface area contributed by atoms with Gasteiger partial charge in [-0.1, -0.05) is 29.8 Å².